The minimum absolute atomic E-state index is 0.0300. The molecule has 0 aromatic heterocycles. The van der Waals surface area contributed by atoms with Crippen LogP contribution in [0.2, 0.25) is 0 Å². The summed E-state index contributed by atoms with van der Waals surface area (Å²) in [5.41, 5.74) is 1.92. The van der Waals surface area contributed by atoms with Gasteiger partial charge < -0.3 is 5.11 Å². The molecular weight excluding hydrogens is 212 g/mol. The molecule has 2 rings (SSSR count). The van der Waals surface area contributed by atoms with E-state index >= 15 is 0 Å². The summed E-state index contributed by atoms with van der Waals surface area (Å²) in [6.45, 7) is 5.92. The Labute approximate surface area is 102 Å². The molecule has 2 nitrogen and oxygen atoms in total. The maximum Gasteiger partial charge on any atom is 0.201 e. The summed E-state index contributed by atoms with van der Waals surface area (Å²) in [4.78, 5) is 12.0. The molecule has 0 fully saturated rings. The Morgan fingerprint density at radius 1 is 1.18 bits per heavy atom. The molecule has 0 radical (unpaired) electrons. The molecule has 17 heavy (non-hydrogen) atoms. The van der Waals surface area contributed by atoms with Gasteiger partial charge in [0.1, 0.15) is 0 Å². The van der Waals surface area contributed by atoms with Gasteiger partial charge in [-0.1, -0.05) is 44.2 Å². The molecule has 0 spiro atoms. The maximum atomic E-state index is 12.0. The number of Topliss-reactive ketones (excluding diaryl/α,β-unsaturated/α-hetero) is 1. The predicted molar refractivity (Wildman–Crippen MR) is 67.8 cm³/mol. The van der Waals surface area contributed by atoms with Crippen LogP contribution in [0.5, 0.6) is 0 Å². The van der Waals surface area contributed by atoms with E-state index in [9.17, 15) is 9.90 Å². The van der Waals surface area contributed by atoms with E-state index in [-0.39, 0.29) is 29.3 Å². The summed E-state index contributed by atoms with van der Waals surface area (Å²) in [7, 11) is 0. The predicted octanol–water partition coefficient (Wildman–Crippen LogP) is 3.46. The lowest BCUT2D eigenvalue weighted by molar-refractivity contribution is -0.122. The number of rotatable bonds is 2. The number of carbonyl (C=O) groups excluding carboxylic acids is 1. The van der Waals surface area contributed by atoms with Crippen LogP contribution in [0.4, 0.5) is 0 Å². The van der Waals surface area contributed by atoms with E-state index in [0.717, 1.165) is 11.1 Å². The highest BCUT2D eigenvalue weighted by molar-refractivity contribution is 6.00. The first-order valence-corrected chi connectivity index (χ1v) is 6.03. The first-order chi connectivity index (χ1) is 8.04. The summed E-state index contributed by atoms with van der Waals surface area (Å²) in [5, 5.41) is 9.85. The first-order valence-electron chi connectivity index (χ1n) is 6.03. The molecule has 0 saturated heterocycles. The second-order valence-corrected chi connectivity index (χ2v) is 5.05. The van der Waals surface area contributed by atoms with Crippen molar-refractivity contribution in [2.45, 2.75) is 26.7 Å². The van der Waals surface area contributed by atoms with Crippen molar-refractivity contribution in [3.05, 3.63) is 47.2 Å². The Bertz CT molecular complexity index is 457. The quantitative estimate of drug-likeness (QED) is 0.844. The maximum absolute atomic E-state index is 12.0. The average molecular weight is 230 g/mol. The van der Waals surface area contributed by atoms with E-state index in [1.54, 1.807) is 0 Å². The van der Waals surface area contributed by atoms with Gasteiger partial charge in [-0.2, -0.15) is 0 Å². The number of hydrogen-bond donors (Lipinski definition) is 1. The van der Waals surface area contributed by atoms with Gasteiger partial charge in [0.2, 0.25) is 5.78 Å². The number of allylic oxidation sites excluding steroid dienone is 2. The Kier molecular flexibility index (Phi) is 3.05. The Morgan fingerprint density at radius 2 is 1.76 bits per heavy atom. The highest BCUT2D eigenvalue weighted by atomic mass is 16.3. The van der Waals surface area contributed by atoms with Crippen LogP contribution in [0.15, 0.2) is 41.7 Å². The molecule has 1 aromatic rings. The minimum Gasteiger partial charge on any atom is -0.504 e. The number of benzene rings is 1. The number of ketones is 1. The summed E-state index contributed by atoms with van der Waals surface area (Å²) in [6, 6.07) is 9.95. The number of aliphatic hydroxyl groups excluding tert-OH is 1. The molecule has 0 aliphatic heterocycles. The van der Waals surface area contributed by atoms with Crippen molar-refractivity contribution >= 4 is 5.78 Å². The van der Waals surface area contributed by atoms with Crippen LogP contribution in [-0.2, 0) is 4.79 Å². The fraction of sp³-hybridized carbons (Fsp3) is 0.400. The molecule has 1 aromatic carbocycles. The summed E-state index contributed by atoms with van der Waals surface area (Å²) < 4.78 is 0. The Morgan fingerprint density at radius 3 is 2.29 bits per heavy atom. The fourth-order valence-electron chi connectivity index (χ4n) is 2.73. The van der Waals surface area contributed by atoms with Gasteiger partial charge in [0.25, 0.3) is 0 Å². The number of aliphatic hydroxyl groups is 1. The van der Waals surface area contributed by atoms with Crippen LogP contribution in [0.3, 0.4) is 0 Å². The Balaban J connectivity index is 2.47. The van der Waals surface area contributed by atoms with E-state index in [4.69, 9.17) is 0 Å². The van der Waals surface area contributed by atoms with Gasteiger partial charge in [0.15, 0.2) is 5.76 Å². The van der Waals surface area contributed by atoms with Crippen molar-refractivity contribution in [1.82, 2.24) is 0 Å². The summed E-state index contributed by atoms with van der Waals surface area (Å²) in [5.74, 6) is -0.00249. The van der Waals surface area contributed by atoms with Crippen molar-refractivity contribution < 1.29 is 9.90 Å². The second kappa shape index (κ2) is 4.36. The van der Waals surface area contributed by atoms with Crippen LogP contribution in [0.25, 0.3) is 0 Å². The van der Waals surface area contributed by atoms with E-state index in [1.807, 2.05) is 51.1 Å². The molecule has 1 aliphatic carbocycles. The van der Waals surface area contributed by atoms with Crippen molar-refractivity contribution in [2.75, 3.05) is 0 Å². The monoisotopic (exact) mass is 230 g/mol. The average Bonchev–Trinajstić information content (AvgIpc) is 2.55. The summed E-state index contributed by atoms with van der Waals surface area (Å²) >= 11 is 0. The number of carbonyl (C=O) groups is 1. The smallest absolute Gasteiger partial charge is 0.201 e. The van der Waals surface area contributed by atoms with E-state index in [2.05, 4.69) is 0 Å². The van der Waals surface area contributed by atoms with E-state index < -0.39 is 0 Å². The van der Waals surface area contributed by atoms with Crippen molar-refractivity contribution in [1.29, 1.82) is 0 Å². The fourth-order valence-corrected chi connectivity index (χ4v) is 2.73. The zero-order valence-corrected chi connectivity index (χ0v) is 10.5. The minimum atomic E-state index is -0.127. The van der Waals surface area contributed by atoms with Crippen molar-refractivity contribution in [3.63, 3.8) is 0 Å². The molecule has 2 unspecified atom stereocenters. The van der Waals surface area contributed by atoms with Gasteiger partial charge in [-0.15, -0.1) is 0 Å². The molecular formula is C15H18O2. The zero-order valence-electron chi connectivity index (χ0n) is 10.5. The normalized spacial score (nSPS) is 24.8. The van der Waals surface area contributed by atoms with Crippen molar-refractivity contribution in [3.8, 4) is 0 Å². The Hall–Kier alpha value is -1.57. The standard InChI is InChI=1S/C15H18O2/c1-9(2)12-13(10(3)14(16)15(12)17)11-7-5-4-6-8-11/h4-9,12-13,16H,1-3H3. The van der Waals surface area contributed by atoms with Crippen LogP contribution in [0.1, 0.15) is 32.3 Å². The molecule has 0 saturated carbocycles. The number of hydrogen-bond acceptors (Lipinski definition) is 2. The molecule has 1 aliphatic rings. The van der Waals surface area contributed by atoms with Gasteiger partial charge in [-0.25, -0.2) is 0 Å². The summed E-state index contributed by atoms with van der Waals surface area (Å²) in [6.07, 6.45) is 0. The largest absolute Gasteiger partial charge is 0.504 e. The van der Waals surface area contributed by atoms with E-state index in [0.29, 0.717) is 0 Å². The van der Waals surface area contributed by atoms with Crippen LogP contribution in [0, 0.1) is 11.8 Å². The zero-order chi connectivity index (χ0) is 12.6. The first kappa shape index (κ1) is 11.9. The van der Waals surface area contributed by atoms with Crippen molar-refractivity contribution in [2.24, 2.45) is 11.8 Å². The third kappa shape index (κ3) is 1.88. The molecule has 0 heterocycles. The van der Waals surface area contributed by atoms with Gasteiger partial charge in [-0.05, 0) is 24.0 Å². The van der Waals surface area contributed by atoms with Crippen LogP contribution in [-0.4, -0.2) is 10.9 Å². The third-order valence-electron chi connectivity index (χ3n) is 3.61. The highest BCUT2D eigenvalue weighted by Gasteiger charge is 2.42. The molecule has 2 heteroatoms. The molecule has 0 amide bonds. The lowest BCUT2D eigenvalue weighted by Gasteiger charge is -2.23. The highest BCUT2D eigenvalue weighted by Crippen LogP contribution is 2.44. The molecule has 90 valence electrons. The van der Waals surface area contributed by atoms with Gasteiger partial charge in [0.05, 0.1) is 0 Å². The van der Waals surface area contributed by atoms with E-state index in [1.165, 1.54) is 0 Å². The molecule has 2 atom stereocenters. The van der Waals surface area contributed by atoms with Crippen LogP contribution < -0.4 is 0 Å². The molecule has 0 bridgehead atoms. The second-order valence-electron chi connectivity index (χ2n) is 5.05. The molecule has 1 N–H and O–H groups in total. The topological polar surface area (TPSA) is 37.3 Å². The lowest BCUT2D eigenvalue weighted by atomic mass is 9.79. The lowest BCUT2D eigenvalue weighted by Crippen LogP contribution is -2.22. The van der Waals surface area contributed by atoms with Gasteiger partial charge in [0, 0.05) is 11.8 Å². The van der Waals surface area contributed by atoms with Gasteiger partial charge >= 0.3 is 0 Å². The third-order valence-corrected chi connectivity index (χ3v) is 3.61. The SMILES string of the molecule is CC1=C(O)C(=O)C(C(C)C)C1c1ccccc1. The van der Waals surface area contributed by atoms with Gasteiger partial charge in [-0.3, -0.25) is 4.79 Å². The van der Waals surface area contributed by atoms with Crippen LogP contribution >= 0.6 is 0 Å².